The lowest BCUT2D eigenvalue weighted by molar-refractivity contribution is 0.218. The molecule has 0 unspecified atom stereocenters. The van der Waals surface area contributed by atoms with Crippen LogP contribution >= 0.6 is 0 Å². The highest BCUT2D eigenvalue weighted by molar-refractivity contribution is 5.36. The highest BCUT2D eigenvalue weighted by Gasteiger charge is 2.16. The molecule has 0 bridgehead atoms. The molecule has 0 saturated heterocycles. The number of ether oxygens (including phenoxy) is 1. The van der Waals surface area contributed by atoms with Gasteiger partial charge in [0.1, 0.15) is 11.9 Å². The Hall–Kier alpha value is -2.63. The summed E-state index contributed by atoms with van der Waals surface area (Å²) >= 11 is 0. The van der Waals surface area contributed by atoms with Crippen LogP contribution in [0.1, 0.15) is 45.1 Å². The Labute approximate surface area is 135 Å². The van der Waals surface area contributed by atoms with Gasteiger partial charge in [-0.25, -0.2) is 4.98 Å². The summed E-state index contributed by atoms with van der Waals surface area (Å²) in [6, 6.07) is 10.0. The van der Waals surface area contributed by atoms with Crippen molar-refractivity contribution >= 4 is 11.7 Å². The Morgan fingerprint density at radius 2 is 1.83 bits per heavy atom. The highest BCUT2D eigenvalue weighted by atomic mass is 16.5. The molecule has 0 amide bonds. The van der Waals surface area contributed by atoms with Gasteiger partial charge in [-0.1, -0.05) is 32.9 Å². The number of nitrogen functional groups attached to an aromatic ring is 1. The fourth-order valence-corrected chi connectivity index (χ4v) is 2.43. The van der Waals surface area contributed by atoms with Crippen molar-refractivity contribution in [3.63, 3.8) is 0 Å². The minimum Gasteiger partial charge on any atom is -0.484 e. The van der Waals surface area contributed by atoms with E-state index in [2.05, 4.69) is 48.0 Å². The molecule has 2 N–H and O–H groups in total. The number of fused-ring (bicyclic) bond motifs is 1. The smallest absolute Gasteiger partial charge is 0.254 e. The summed E-state index contributed by atoms with van der Waals surface area (Å²) in [7, 11) is 0. The number of benzene rings is 1. The highest BCUT2D eigenvalue weighted by Crippen LogP contribution is 2.26. The summed E-state index contributed by atoms with van der Waals surface area (Å²) in [5.74, 6) is 1.48. The molecular formula is C17H21N5O. The minimum absolute atomic E-state index is 0.125. The van der Waals surface area contributed by atoms with E-state index in [1.54, 1.807) is 10.7 Å². The average molecular weight is 311 g/mol. The van der Waals surface area contributed by atoms with Gasteiger partial charge in [0.2, 0.25) is 5.95 Å². The van der Waals surface area contributed by atoms with Crippen molar-refractivity contribution < 1.29 is 4.74 Å². The summed E-state index contributed by atoms with van der Waals surface area (Å²) in [6.07, 6.45) is 1.48. The van der Waals surface area contributed by atoms with Crippen molar-refractivity contribution in [2.24, 2.45) is 0 Å². The molecule has 2 heterocycles. The van der Waals surface area contributed by atoms with E-state index in [0.717, 1.165) is 11.4 Å². The van der Waals surface area contributed by atoms with Gasteiger partial charge in [0.25, 0.3) is 5.78 Å². The van der Waals surface area contributed by atoms with Gasteiger partial charge in [0.15, 0.2) is 0 Å². The molecule has 0 radical (unpaired) electrons. The zero-order valence-electron chi connectivity index (χ0n) is 13.8. The molecule has 1 aromatic carbocycles. The quantitative estimate of drug-likeness (QED) is 0.804. The van der Waals surface area contributed by atoms with Crippen LogP contribution < -0.4 is 10.5 Å². The topological polar surface area (TPSA) is 78.3 Å². The van der Waals surface area contributed by atoms with Crippen LogP contribution in [0.15, 0.2) is 36.5 Å². The monoisotopic (exact) mass is 311 g/mol. The molecule has 3 rings (SSSR count). The third-order valence-corrected chi connectivity index (χ3v) is 3.74. The molecule has 1 atom stereocenters. The maximum absolute atomic E-state index is 6.03. The second-order valence-corrected chi connectivity index (χ2v) is 6.59. The van der Waals surface area contributed by atoms with Gasteiger partial charge < -0.3 is 10.5 Å². The van der Waals surface area contributed by atoms with Gasteiger partial charge in [0.05, 0.1) is 5.69 Å². The summed E-state index contributed by atoms with van der Waals surface area (Å²) in [5, 5.41) is 4.16. The largest absolute Gasteiger partial charge is 0.484 e. The maximum Gasteiger partial charge on any atom is 0.254 e. The van der Waals surface area contributed by atoms with Crippen molar-refractivity contribution in [3.05, 3.63) is 47.8 Å². The molecule has 0 aliphatic rings. The molecule has 120 valence electrons. The van der Waals surface area contributed by atoms with Crippen molar-refractivity contribution in [2.75, 3.05) is 5.73 Å². The molecule has 0 fully saturated rings. The van der Waals surface area contributed by atoms with Crippen LogP contribution in [0.5, 0.6) is 5.75 Å². The lowest BCUT2D eigenvalue weighted by Crippen LogP contribution is -2.12. The second kappa shape index (κ2) is 5.53. The van der Waals surface area contributed by atoms with E-state index in [4.69, 9.17) is 10.5 Å². The first-order chi connectivity index (χ1) is 10.8. The van der Waals surface area contributed by atoms with Crippen LogP contribution in [-0.2, 0) is 5.41 Å². The van der Waals surface area contributed by atoms with Crippen LogP contribution in [0.25, 0.3) is 5.78 Å². The normalized spacial score (nSPS) is 13.2. The molecule has 23 heavy (non-hydrogen) atoms. The molecule has 0 aliphatic carbocycles. The standard InChI is InChI=1S/C17H21N5O/c1-11(14-9-10-19-16-20-15(18)21-22(14)16)23-13-7-5-12(6-8-13)17(2,3)4/h5-11H,1-4H3,(H2,18,21)/t11-/m0/s1. The predicted octanol–water partition coefficient (Wildman–Crippen LogP) is 3.14. The van der Waals surface area contributed by atoms with E-state index in [1.165, 1.54) is 5.56 Å². The van der Waals surface area contributed by atoms with E-state index in [0.29, 0.717) is 5.78 Å². The molecule has 0 spiro atoms. The van der Waals surface area contributed by atoms with Gasteiger partial charge in [-0.15, -0.1) is 5.10 Å². The average Bonchev–Trinajstić information content (AvgIpc) is 2.86. The fourth-order valence-electron chi connectivity index (χ4n) is 2.43. The van der Waals surface area contributed by atoms with Crippen molar-refractivity contribution in [3.8, 4) is 5.75 Å². The van der Waals surface area contributed by atoms with Crippen LogP contribution in [0.3, 0.4) is 0 Å². The number of rotatable bonds is 3. The lowest BCUT2D eigenvalue weighted by Gasteiger charge is -2.20. The Kier molecular flexibility index (Phi) is 3.67. The first-order valence-corrected chi connectivity index (χ1v) is 7.59. The minimum atomic E-state index is -0.206. The number of nitrogens with zero attached hydrogens (tertiary/aromatic N) is 4. The number of nitrogens with two attached hydrogens (primary N) is 1. The zero-order valence-corrected chi connectivity index (χ0v) is 13.8. The lowest BCUT2D eigenvalue weighted by atomic mass is 9.87. The van der Waals surface area contributed by atoms with Crippen LogP contribution in [0.4, 0.5) is 5.95 Å². The molecule has 0 saturated carbocycles. The van der Waals surface area contributed by atoms with Gasteiger partial charge in [-0.2, -0.15) is 9.50 Å². The molecule has 0 aliphatic heterocycles. The van der Waals surface area contributed by atoms with Gasteiger partial charge in [-0.05, 0) is 36.1 Å². The summed E-state index contributed by atoms with van der Waals surface area (Å²) in [4.78, 5) is 8.21. The SMILES string of the molecule is C[C@H](Oc1ccc(C(C)(C)C)cc1)c1ccnc2nc(N)nn12. The number of aromatic nitrogens is 4. The van der Waals surface area contributed by atoms with Crippen LogP contribution in [0, 0.1) is 0 Å². The van der Waals surface area contributed by atoms with Crippen molar-refractivity contribution in [2.45, 2.75) is 39.2 Å². The third-order valence-electron chi connectivity index (χ3n) is 3.74. The Morgan fingerprint density at radius 1 is 1.13 bits per heavy atom. The van der Waals surface area contributed by atoms with Crippen molar-refractivity contribution in [1.29, 1.82) is 0 Å². The Morgan fingerprint density at radius 3 is 2.48 bits per heavy atom. The Bertz CT molecular complexity index is 817. The maximum atomic E-state index is 6.03. The first-order valence-electron chi connectivity index (χ1n) is 7.59. The first kappa shape index (κ1) is 15.3. The Balaban J connectivity index is 1.84. The summed E-state index contributed by atoms with van der Waals surface area (Å²) in [5.41, 5.74) is 7.89. The second-order valence-electron chi connectivity index (χ2n) is 6.59. The molecule has 2 aromatic heterocycles. The number of hydrogen-bond acceptors (Lipinski definition) is 5. The third kappa shape index (κ3) is 3.11. The molecular weight excluding hydrogens is 290 g/mol. The van der Waals surface area contributed by atoms with Crippen LogP contribution in [-0.4, -0.2) is 19.6 Å². The van der Waals surface area contributed by atoms with Gasteiger partial charge >= 0.3 is 0 Å². The molecule has 6 heteroatoms. The molecule has 3 aromatic rings. The van der Waals surface area contributed by atoms with E-state index in [-0.39, 0.29) is 17.5 Å². The van der Waals surface area contributed by atoms with E-state index >= 15 is 0 Å². The molecule has 6 nitrogen and oxygen atoms in total. The summed E-state index contributed by atoms with van der Waals surface area (Å²) in [6.45, 7) is 8.53. The van der Waals surface area contributed by atoms with Gasteiger partial charge in [0, 0.05) is 6.20 Å². The van der Waals surface area contributed by atoms with E-state index < -0.39 is 0 Å². The fraction of sp³-hybridized carbons (Fsp3) is 0.353. The van der Waals surface area contributed by atoms with Gasteiger partial charge in [-0.3, -0.25) is 0 Å². The van der Waals surface area contributed by atoms with Crippen LogP contribution in [0.2, 0.25) is 0 Å². The van der Waals surface area contributed by atoms with E-state index in [9.17, 15) is 0 Å². The zero-order chi connectivity index (χ0) is 16.6. The van der Waals surface area contributed by atoms with Crippen molar-refractivity contribution in [1.82, 2.24) is 19.6 Å². The number of anilines is 1. The number of hydrogen-bond donors (Lipinski definition) is 1. The predicted molar refractivity (Wildman–Crippen MR) is 89.4 cm³/mol. The summed E-state index contributed by atoms with van der Waals surface area (Å²) < 4.78 is 7.64. The van der Waals surface area contributed by atoms with E-state index in [1.807, 2.05) is 25.1 Å².